The van der Waals surface area contributed by atoms with Gasteiger partial charge in [-0.15, -0.1) is 0 Å². The van der Waals surface area contributed by atoms with E-state index in [1.807, 2.05) is 54.2 Å². The van der Waals surface area contributed by atoms with Crippen molar-refractivity contribution >= 4 is 28.4 Å². The Kier molecular flexibility index (Phi) is 3.33. The second-order valence-corrected chi connectivity index (χ2v) is 6.39. The van der Waals surface area contributed by atoms with Crippen LogP contribution in [0.2, 0.25) is 5.02 Å². The Labute approximate surface area is 144 Å². The van der Waals surface area contributed by atoms with Crippen molar-refractivity contribution in [1.29, 1.82) is 10.7 Å². The number of nitrogens with zero attached hydrogens (tertiary/aromatic N) is 2. The molecule has 2 heterocycles. The molecule has 4 nitrogen and oxygen atoms in total. The van der Waals surface area contributed by atoms with Crippen molar-refractivity contribution in [3.63, 3.8) is 0 Å². The van der Waals surface area contributed by atoms with Gasteiger partial charge in [-0.25, -0.2) is 0 Å². The molecule has 2 atom stereocenters. The molecule has 0 saturated heterocycles. The summed E-state index contributed by atoms with van der Waals surface area (Å²) in [5.74, 6) is -0.299. The Morgan fingerprint density at radius 1 is 1.25 bits per heavy atom. The van der Waals surface area contributed by atoms with Crippen molar-refractivity contribution in [2.75, 3.05) is 0 Å². The topological polar surface area (TPSA) is 61.8 Å². The summed E-state index contributed by atoms with van der Waals surface area (Å²) in [4.78, 5) is 0. The lowest BCUT2D eigenvalue weighted by atomic mass is 9.79. The van der Waals surface area contributed by atoms with E-state index < -0.39 is 5.92 Å². The average Bonchev–Trinajstić information content (AvgIpc) is 2.95. The number of nitriles is 1. The third-order valence-corrected chi connectivity index (χ3v) is 4.79. The highest BCUT2D eigenvalue weighted by Crippen LogP contribution is 2.45. The third-order valence-electron chi connectivity index (χ3n) is 4.56. The van der Waals surface area contributed by atoms with Gasteiger partial charge in [-0.05, 0) is 29.8 Å². The predicted octanol–water partition coefficient (Wildman–Crippen LogP) is 4.47. The number of fused-ring (bicyclic) bond motifs is 3. The molecule has 0 radical (unpaired) electrons. The Morgan fingerprint density at radius 2 is 2.08 bits per heavy atom. The molecule has 5 heteroatoms. The van der Waals surface area contributed by atoms with Crippen molar-refractivity contribution in [3.05, 3.63) is 64.8 Å². The summed E-state index contributed by atoms with van der Waals surface area (Å²) in [6.07, 6.45) is 1.96. The van der Waals surface area contributed by atoms with E-state index in [-0.39, 0.29) is 11.8 Å². The van der Waals surface area contributed by atoms with Crippen molar-refractivity contribution in [2.24, 2.45) is 13.0 Å². The Bertz CT molecular complexity index is 1020. The van der Waals surface area contributed by atoms with Crippen LogP contribution in [0.15, 0.2) is 48.7 Å². The van der Waals surface area contributed by atoms with Gasteiger partial charge in [0.05, 0.1) is 11.6 Å². The first-order chi connectivity index (χ1) is 11.6. The molecule has 0 fully saturated rings. The fraction of sp³-hybridized carbons (Fsp3) is 0.158. The second-order valence-electron chi connectivity index (χ2n) is 5.95. The van der Waals surface area contributed by atoms with Gasteiger partial charge in [-0.1, -0.05) is 29.8 Å². The van der Waals surface area contributed by atoms with Crippen LogP contribution in [0.25, 0.3) is 10.9 Å². The Balaban J connectivity index is 2.00. The first-order valence-electron chi connectivity index (χ1n) is 7.59. The SMILES string of the molecule is Cn1ccc2c3c(ccc21)C(c1cccc(Cl)c1)C(C#N)C(=N)O3. The quantitative estimate of drug-likeness (QED) is 0.713. The summed E-state index contributed by atoms with van der Waals surface area (Å²) in [5.41, 5.74) is 2.86. The zero-order chi connectivity index (χ0) is 16.8. The highest BCUT2D eigenvalue weighted by molar-refractivity contribution is 6.30. The van der Waals surface area contributed by atoms with E-state index in [0.717, 1.165) is 22.0 Å². The van der Waals surface area contributed by atoms with Crippen LogP contribution in [0.1, 0.15) is 17.0 Å². The lowest BCUT2D eigenvalue weighted by Crippen LogP contribution is -2.31. The zero-order valence-corrected chi connectivity index (χ0v) is 13.7. The maximum absolute atomic E-state index is 9.60. The average molecular weight is 336 g/mol. The number of nitrogens with one attached hydrogen (secondary N) is 1. The van der Waals surface area contributed by atoms with Crippen LogP contribution in [0, 0.1) is 22.7 Å². The normalized spacial score (nSPS) is 19.6. The molecule has 24 heavy (non-hydrogen) atoms. The maximum atomic E-state index is 9.60. The summed E-state index contributed by atoms with van der Waals surface area (Å²) < 4.78 is 7.77. The smallest absolute Gasteiger partial charge is 0.205 e. The lowest BCUT2D eigenvalue weighted by Gasteiger charge is -2.30. The minimum Gasteiger partial charge on any atom is -0.441 e. The summed E-state index contributed by atoms with van der Waals surface area (Å²) in [6, 6.07) is 15.7. The van der Waals surface area contributed by atoms with E-state index >= 15 is 0 Å². The van der Waals surface area contributed by atoms with Crippen LogP contribution >= 0.6 is 11.6 Å². The minimum absolute atomic E-state index is 0.0219. The Hall–Kier alpha value is -2.77. The molecule has 0 bridgehead atoms. The molecular weight excluding hydrogens is 322 g/mol. The number of rotatable bonds is 1. The Morgan fingerprint density at radius 3 is 2.83 bits per heavy atom. The fourth-order valence-corrected chi connectivity index (χ4v) is 3.61. The number of halogens is 1. The molecular formula is C19H14ClN3O. The first-order valence-corrected chi connectivity index (χ1v) is 7.97. The van der Waals surface area contributed by atoms with Gasteiger partial charge in [0.1, 0.15) is 11.7 Å². The van der Waals surface area contributed by atoms with Gasteiger partial charge in [0.2, 0.25) is 5.90 Å². The lowest BCUT2D eigenvalue weighted by molar-refractivity contribution is 0.455. The molecule has 0 saturated carbocycles. The molecule has 0 aliphatic carbocycles. The molecule has 1 aromatic heterocycles. The van der Waals surface area contributed by atoms with Gasteiger partial charge in [0.15, 0.2) is 0 Å². The van der Waals surface area contributed by atoms with Gasteiger partial charge in [0.25, 0.3) is 0 Å². The molecule has 1 N–H and O–H groups in total. The summed E-state index contributed by atoms with van der Waals surface area (Å²) in [7, 11) is 1.97. The summed E-state index contributed by atoms with van der Waals surface area (Å²) in [5, 5.41) is 19.4. The van der Waals surface area contributed by atoms with E-state index in [9.17, 15) is 5.26 Å². The van der Waals surface area contributed by atoms with Gasteiger partial charge in [-0.3, -0.25) is 5.41 Å². The van der Waals surface area contributed by atoms with Crippen molar-refractivity contribution < 1.29 is 4.74 Å². The van der Waals surface area contributed by atoms with Crippen molar-refractivity contribution in [2.45, 2.75) is 5.92 Å². The van der Waals surface area contributed by atoms with E-state index in [4.69, 9.17) is 21.7 Å². The fourth-order valence-electron chi connectivity index (χ4n) is 3.41. The van der Waals surface area contributed by atoms with E-state index in [0.29, 0.717) is 10.8 Å². The van der Waals surface area contributed by atoms with Crippen LogP contribution in [0.4, 0.5) is 0 Å². The number of ether oxygens (including phenoxy) is 1. The molecule has 118 valence electrons. The van der Waals surface area contributed by atoms with E-state index in [1.165, 1.54) is 0 Å². The number of aromatic nitrogens is 1. The maximum Gasteiger partial charge on any atom is 0.205 e. The first kappa shape index (κ1) is 14.8. The van der Waals surface area contributed by atoms with Crippen LogP contribution in [-0.2, 0) is 7.05 Å². The monoisotopic (exact) mass is 335 g/mol. The van der Waals surface area contributed by atoms with E-state index in [1.54, 1.807) is 6.07 Å². The second kappa shape index (κ2) is 5.40. The minimum atomic E-state index is -0.669. The highest BCUT2D eigenvalue weighted by Gasteiger charge is 2.37. The molecule has 2 aromatic carbocycles. The molecule has 0 spiro atoms. The van der Waals surface area contributed by atoms with Gasteiger partial charge in [0, 0.05) is 35.1 Å². The molecule has 3 aromatic rings. The molecule has 1 aliphatic rings. The summed E-state index contributed by atoms with van der Waals surface area (Å²) >= 11 is 6.15. The predicted molar refractivity (Wildman–Crippen MR) is 93.7 cm³/mol. The van der Waals surface area contributed by atoms with Crippen LogP contribution in [0.5, 0.6) is 5.75 Å². The van der Waals surface area contributed by atoms with Crippen LogP contribution < -0.4 is 4.74 Å². The largest absolute Gasteiger partial charge is 0.441 e. The number of aryl methyl sites for hydroxylation is 1. The molecule has 4 rings (SSSR count). The standard InChI is InChI=1S/C19H14ClN3O/c1-23-8-7-13-16(23)6-5-14-17(11-3-2-4-12(20)9-11)15(10-21)19(22)24-18(13)14/h2-9,15,17,22H,1H3. The zero-order valence-electron chi connectivity index (χ0n) is 13.0. The van der Waals surface area contributed by atoms with Gasteiger partial charge >= 0.3 is 0 Å². The third kappa shape index (κ3) is 2.10. The molecule has 0 amide bonds. The number of hydrogen-bond donors (Lipinski definition) is 1. The van der Waals surface area contributed by atoms with Gasteiger partial charge < -0.3 is 9.30 Å². The van der Waals surface area contributed by atoms with E-state index in [2.05, 4.69) is 6.07 Å². The number of hydrogen-bond acceptors (Lipinski definition) is 3. The molecule has 2 unspecified atom stereocenters. The van der Waals surface area contributed by atoms with Crippen LogP contribution in [-0.4, -0.2) is 10.5 Å². The van der Waals surface area contributed by atoms with Gasteiger partial charge in [-0.2, -0.15) is 5.26 Å². The van der Waals surface area contributed by atoms with Crippen molar-refractivity contribution in [3.8, 4) is 11.8 Å². The molecule has 1 aliphatic heterocycles. The van der Waals surface area contributed by atoms with Crippen molar-refractivity contribution in [1.82, 2.24) is 4.57 Å². The van der Waals surface area contributed by atoms with Crippen LogP contribution in [0.3, 0.4) is 0 Å². The highest BCUT2D eigenvalue weighted by atomic mass is 35.5. The number of benzene rings is 2. The summed E-state index contributed by atoms with van der Waals surface area (Å²) in [6.45, 7) is 0.